The van der Waals surface area contributed by atoms with Crippen molar-refractivity contribution in [3.63, 3.8) is 0 Å². The third-order valence-corrected chi connectivity index (χ3v) is 6.82. The average molecular weight is 515 g/mol. The second-order valence-corrected chi connectivity index (χ2v) is 9.44. The van der Waals surface area contributed by atoms with Gasteiger partial charge in [0.2, 0.25) is 0 Å². The van der Waals surface area contributed by atoms with E-state index in [2.05, 4.69) is 29.2 Å². The molecule has 0 unspecified atom stereocenters. The number of morpholine rings is 1. The maximum Gasteiger partial charge on any atom is 0.310 e. The maximum absolute atomic E-state index is 12.1. The lowest BCUT2D eigenvalue weighted by Crippen LogP contribution is -2.35. The molecule has 4 aromatic rings. The van der Waals surface area contributed by atoms with E-state index in [4.69, 9.17) is 24.4 Å². The van der Waals surface area contributed by atoms with Crippen LogP contribution in [0.3, 0.4) is 0 Å². The van der Waals surface area contributed by atoms with E-state index in [9.17, 15) is 4.79 Å². The number of furan rings is 1. The van der Waals surface area contributed by atoms with E-state index in [1.807, 2.05) is 36.4 Å². The summed E-state index contributed by atoms with van der Waals surface area (Å²) in [5.74, 6) is 0.393. The Morgan fingerprint density at radius 3 is 2.63 bits per heavy atom. The van der Waals surface area contributed by atoms with Crippen LogP contribution < -0.4 is 10.5 Å². The van der Waals surface area contributed by atoms with Crippen molar-refractivity contribution in [1.82, 2.24) is 4.90 Å². The van der Waals surface area contributed by atoms with Crippen LogP contribution in [-0.4, -0.2) is 43.8 Å². The zero-order chi connectivity index (χ0) is 26.3. The standard InChI is InChI=1S/C31H34N2O5/c1-2-36-30(34)17-24-7-3-4-9-29(24)37-20-27-21-38-31-26(19-33-10-12-35-13-11-33)15-25(16-28(27)31)23-8-5-6-22(14-23)18-32/h3-9,14-16,21H,2,10-13,17-20,32H2,1H3. The van der Waals surface area contributed by atoms with E-state index < -0.39 is 0 Å². The summed E-state index contributed by atoms with van der Waals surface area (Å²) < 4.78 is 23.0. The van der Waals surface area contributed by atoms with E-state index in [1.165, 1.54) is 0 Å². The molecule has 0 aliphatic carbocycles. The summed E-state index contributed by atoms with van der Waals surface area (Å²) in [7, 11) is 0. The van der Waals surface area contributed by atoms with Gasteiger partial charge in [-0.1, -0.05) is 36.4 Å². The molecule has 1 aromatic heterocycles. The molecule has 0 saturated carbocycles. The van der Waals surface area contributed by atoms with Gasteiger partial charge >= 0.3 is 5.97 Å². The zero-order valence-corrected chi connectivity index (χ0v) is 21.8. The Balaban J connectivity index is 1.47. The molecule has 38 heavy (non-hydrogen) atoms. The van der Waals surface area contributed by atoms with Gasteiger partial charge in [0.05, 0.1) is 32.5 Å². The molecule has 198 valence electrons. The molecular weight excluding hydrogens is 480 g/mol. The Hall–Kier alpha value is -3.65. The normalized spacial score (nSPS) is 14.1. The van der Waals surface area contributed by atoms with E-state index in [-0.39, 0.29) is 12.4 Å². The minimum Gasteiger partial charge on any atom is -0.488 e. The molecule has 7 heteroatoms. The van der Waals surface area contributed by atoms with Crippen molar-refractivity contribution < 1.29 is 23.4 Å². The van der Waals surface area contributed by atoms with Gasteiger partial charge in [0.25, 0.3) is 0 Å². The van der Waals surface area contributed by atoms with Crippen LogP contribution in [0.2, 0.25) is 0 Å². The first kappa shape index (κ1) is 26.0. The minimum absolute atomic E-state index is 0.168. The number of carbonyl (C=O) groups excluding carboxylic acids is 1. The second-order valence-electron chi connectivity index (χ2n) is 9.44. The summed E-state index contributed by atoms with van der Waals surface area (Å²) in [5, 5.41) is 1.02. The van der Waals surface area contributed by atoms with Crippen LogP contribution in [0.1, 0.15) is 29.2 Å². The van der Waals surface area contributed by atoms with Crippen molar-refractivity contribution in [1.29, 1.82) is 0 Å². The molecule has 7 nitrogen and oxygen atoms in total. The highest BCUT2D eigenvalue weighted by atomic mass is 16.5. The summed E-state index contributed by atoms with van der Waals surface area (Å²) in [5.41, 5.74) is 13.0. The van der Waals surface area contributed by atoms with Crippen LogP contribution in [-0.2, 0) is 40.4 Å². The predicted octanol–water partition coefficient (Wildman–Crippen LogP) is 5.08. The van der Waals surface area contributed by atoms with Crippen LogP contribution in [0.15, 0.2) is 71.3 Å². The number of nitrogens with zero attached hydrogens (tertiary/aromatic N) is 1. The van der Waals surface area contributed by atoms with Crippen LogP contribution >= 0.6 is 0 Å². The summed E-state index contributed by atoms with van der Waals surface area (Å²) >= 11 is 0. The van der Waals surface area contributed by atoms with Crippen LogP contribution in [0, 0.1) is 0 Å². The van der Waals surface area contributed by atoms with Crippen molar-refractivity contribution >= 4 is 16.9 Å². The molecule has 1 aliphatic heterocycles. The molecule has 0 amide bonds. The van der Waals surface area contributed by atoms with Crippen LogP contribution in [0.5, 0.6) is 5.75 Å². The number of carbonyl (C=O) groups is 1. The van der Waals surface area contributed by atoms with Gasteiger partial charge < -0.3 is 24.4 Å². The Morgan fingerprint density at radius 1 is 0.974 bits per heavy atom. The monoisotopic (exact) mass is 514 g/mol. The SMILES string of the molecule is CCOC(=O)Cc1ccccc1OCc1coc2c(CN3CCOCC3)cc(-c3cccc(CN)c3)cc12. The Bertz CT molecular complexity index is 1390. The van der Waals surface area contributed by atoms with Gasteiger partial charge in [0, 0.05) is 48.3 Å². The highest BCUT2D eigenvalue weighted by Crippen LogP contribution is 2.33. The molecule has 5 rings (SSSR count). The summed E-state index contributed by atoms with van der Waals surface area (Å²) in [4.78, 5) is 14.5. The highest BCUT2D eigenvalue weighted by Gasteiger charge is 2.18. The first-order chi connectivity index (χ1) is 18.6. The molecule has 3 aromatic carbocycles. The number of ether oxygens (including phenoxy) is 3. The van der Waals surface area contributed by atoms with Crippen molar-refractivity contribution in [3.05, 3.63) is 89.2 Å². The first-order valence-corrected chi connectivity index (χ1v) is 13.1. The Morgan fingerprint density at radius 2 is 1.82 bits per heavy atom. The average Bonchev–Trinajstić information content (AvgIpc) is 3.36. The van der Waals surface area contributed by atoms with Crippen molar-refractivity contribution in [2.24, 2.45) is 5.73 Å². The Kier molecular flexibility index (Phi) is 8.38. The number of benzene rings is 3. The lowest BCUT2D eigenvalue weighted by molar-refractivity contribution is -0.142. The van der Waals surface area contributed by atoms with Gasteiger partial charge in [-0.25, -0.2) is 0 Å². The number of fused-ring (bicyclic) bond motifs is 1. The molecule has 1 saturated heterocycles. The minimum atomic E-state index is -0.269. The van der Waals surface area contributed by atoms with Crippen molar-refractivity contribution in [3.8, 4) is 16.9 Å². The molecule has 2 heterocycles. The highest BCUT2D eigenvalue weighted by molar-refractivity contribution is 5.89. The van der Waals surface area contributed by atoms with E-state index in [0.29, 0.717) is 25.5 Å². The first-order valence-electron chi connectivity index (χ1n) is 13.1. The van der Waals surface area contributed by atoms with Gasteiger partial charge in [-0.3, -0.25) is 9.69 Å². The molecule has 0 radical (unpaired) electrons. The van der Waals surface area contributed by atoms with Gasteiger partial charge in [0.15, 0.2) is 0 Å². The van der Waals surface area contributed by atoms with Gasteiger partial charge in [-0.15, -0.1) is 0 Å². The fourth-order valence-electron chi connectivity index (χ4n) is 4.85. The number of hydrogen-bond acceptors (Lipinski definition) is 7. The molecule has 1 aliphatic rings. The van der Waals surface area contributed by atoms with Gasteiger partial charge in [-0.05, 0) is 47.9 Å². The Labute approximate surface area is 223 Å². The molecular formula is C31H34N2O5. The number of rotatable bonds is 10. The fraction of sp³-hybridized carbons (Fsp3) is 0.323. The summed E-state index contributed by atoms with van der Waals surface area (Å²) in [6.07, 6.45) is 1.95. The molecule has 2 N–H and O–H groups in total. The smallest absolute Gasteiger partial charge is 0.310 e. The van der Waals surface area contributed by atoms with Crippen LogP contribution in [0.25, 0.3) is 22.1 Å². The number of hydrogen-bond donors (Lipinski definition) is 1. The largest absolute Gasteiger partial charge is 0.488 e. The van der Waals surface area contributed by atoms with Crippen molar-refractivity contribution in [2.75, 3.05) is 32.9 Å². The number of nitrogens with two attached hydrogens (primary N) is 1. The van der Waals surface area contributed by atoms with E-state index in [1.54, 1.807) is 13.2 Å². The maximum atomic E-state index is 12.1. The molecule has 0 bridgehead atoms. The molecule has 0 spiro atoms. The van der Waals surface area contributed by atoms with Crippen molar-refractivity contribution in [2.45, 2.75) is 33.0 Å². The molecule has 0 atom stereocenters. The number of para-hydroxylation sites is 1. The van der Waals surface area contributed by atoms with E-state index >= 15 is 0 Å². The second kappa shape index (κ2) is 12.3. The third-order valence-electron chi connectivity index (χ3n) is 6.82. The van der Waals surface area contributed by atoms with Gasteiger partial charge in [0.1, 0.15) is 17.9 Å². The van der Waals surface area contributed by atoms with E-state index in [0.717, 1.165) is 77.2 Å². The summed E-state index contributed by atoms with van der Waals surface area (Å²) in [6, 6.07) is 20.3. The van der Waals surface area contributed by atoms with Crippen LogP contribution in [0.4, 0.5) is 0 Å². The topological polar surface area (TPSA) is 87.2 Å². The lowest BCUT2D eigenvalue weighted by Gasteiger charge is -2.26. The fourth-order valence-corrected chi connectivity index (χ4v) is 4.85. The lowest BCUT2D eigenvalue weighted by atomic mass is 9.97. The van der Waals surface area contributed by atoms with Gasteiger partial charge in [-0.2, -0.15) is 0 Å². The predicted molar refractivity (Wildman–Crippen MR) is 147 cm³/mol. The quantitative estimate of drug-likeness (QED) is 0.296. The number of esters is 1. The summed E-state index contributed by atoms with van der Waals surface area (Å²) in [6.45, 7) is 7.01. The zero-order valence-electron chi connectivity index (χ0n) is 21.8. The molecule has 1 fully saturated rings. The third kappa shape index (κ3) is 6.07.